The third-order valence-electron chi connectivity index (χ3n) is 7.45. The van der Waals surface area contributed by atoms with Gasteiger partial charge in [-0.3, -0.25) is 28.8 Å². The van der Waals surface area contributed by atoms with Gasteiger partial charge in [0.05, 0.1) is 5.52 Å². The lowest BCUT2D eigenvalue weighted by atomic mass is 9.94. The summed E-state index contributed by atoms with van der Waals surface area (Å²) < 4.78 is 1.16. The Bertz CT molecular complexity index is 1710. The number of aryl methyl sites for hydroxylation is 1. The SMILES string of the molecule is CC(C)C[C@H](NC(=O)C(C)(C)C)C(=O)N[C@@H](Cc1ccccc1)C(=O)NCc1ccc2c(c1)c(O)c(C(=O)NCC(=O)O)c(=O)n2C. The fraction of sp³-hybridized carbons (Fsp3) is 0.412. The quantitative estimate of drug-likeness (QED) is 0.162. The van der Waals surface area contributed by atoms with Crippen LogP contribution in [0.25, 0.3) is 10.9 Å². The van der Waals surface area contributed by atoms with E-state index in [1.165, 1.54) is 13.1 Å². The van der Waals surface area contributed by atoms with Gasteiger partial charge in [-0.2, -0.15) is 0 Å². The summed E-state index contributed by atoms with van der Waals surface area (Å²) in [4.78, 5) is 76.1. The molecule has 2 aromatic carbocycles. The number of hydrogen-bond acceptors (Lipinski definition) is 7. The van der Waals surface area contributed by atoms with E-state index in [2.05, 4.69) is 21.3 Å². The van der Waals surface area contributed by atoms with Crippen LogP contribution in [0, 0.1) is 11.3 Å². The van der Waals surface area contributed by atoms with E-state index in [1.54, 1.807) is 32.9 Å². The molecule has 0 unspecified atom stereocenters. The molecule has 3 rings (SSSR count). The Morgan fingerprint density at radius 3 is 2.13 bits per heavy atom. The number of aliphatic carboxylic acids is 1. The molecule has 13 heteroatoms. The van der Waals surface area contributed by atoms with E-state index in [4.69, 9.17) is 5.11 Å². The number of aromatic hydroxyl groups is 1. The molecule has 0 aliphatic carbocycles. The van der Waals surface area contributed by atoms with Gasteiger partial charge in [-0.15, -0.1) is 0 Å². The van der Waals surface area contributed by atoms with Gasteiger partial charge in [0.15, 0.2) is 0 Å². The van der Waals surface area contributed by atoms with Gasteiger partial charge in [-0.05, 0) is 35.6 Å². The molecule has 2 atom stereocenters. The summed E-state index contributed by atoms with van der Waals surface area (Å²) in [5, 5.41) is 30.4. The van der Waals surface area contributed by atoms with Crippen molar-refractivity contribution in [2.45, 2.75) is 66.1 Å². The molecule has 252 valence electrons. The maximum absolute atomic E-state index is 13.6. The fourth-order valence-electron chi connectivity index (χ4n) is 4.86. The van der Waals surface area contributed by atoms with Crippen molar-refractivity contribution < 1.29 is 34.2 Å². The van der Waals surface area contributed by atoms with Crippen LogP contribution in [0.15, 0.2) is 53.3 Å². The van der Waals surface area contributed by atoms with Crippen LogP contribution in [-0.2, 0) is 39.2 Å². The largest absolute Gasteiger partial charge is 0.506 e. The maximum atomic E-state index is 13.6. The van der Waals surface area contributed by atoms with Gasteiger partial charge in [0.25, 0.3) is 11.5 Å². The molecule has 1 heterocycles. The number of fused-ring (bicyclic) bond motifs is 1. The Balaban J connectivity index is 1.87. The van der Waals surface area contributed by atoms with Crippen LogP contribution >= 0.6 is 0 Å². The van der Waals surface area contributed by atoms with E-state index in [1.807, 2.05) is 44.2 Å². The maximum Gasteiger partial charge on any atom is 0.322 e. The summed E-state index contributed by atoms with van der Waals surface area (Å²) in [7, 11) is 1.41. The van der Waals surface area contributed by atoms with Gasteiger partial charge >= 0.3 is 5.97 Å². The van der Waals surface area contributed by atoms with E-state index >= 15 is 0 Å². The average Bonchev–Trinajstić information content (AvgIpc) is 3.00. The van der Waals surface area contributed by atoms with Crippen molar-refractivity contribution in [3.63, 3.8) is 0 Å². The van der Waals surface area contributed by atoms with Crippen LogP contribution in [0.4, 0.5) is 0 Å². The number of pyridine rings is 1. The Morgan fingerprint density at radius 1 is 0.872 bits per heavy atom. The molecule has 6 N–H and O–H groups in total. The zero-order chi connectivity index (χ0) is 35.1. The fourth-order valence-corrected chi connectivity index (χ4v) is 4.86. The zero-order valence-corrected chi connectivity index (χ0v) is 27.5. The number of carbonyl (C=O) groups is 5. The number of nitrogens with one attached hydrogen (secondary N) is 4. The first kappa shape index (κ1) is 36.3. The number of aromatic nitrogens is 1. The third-order valence-corrected chi connectivity index (χ3v) is 7.45. The van der Waals surface area contributed by atoms with Gasteiger partial charge in [-0.25, -0.2) is 0 Å². The first-order chi connectivity index (χ1) is 22.0. The number of carboxylic acid groups (broad SMARTS) is 1. The van der Waals surface area contributed by atoms with Crippen molar-refractivity contribution in [1.29, 1.82) is 0 Å². The molecule has 13 nitrogen and oxygen atoms in total. The Kier molecular flexibility index (Phi) is 11.9. The molecule has 0 bridgehead atoms. The van der Waals surface area contributed by atoms with Gasteiger partial charge in [0.2, 0.25) is 17.7 Å². The first-order valence-corrected chi connectivity index (χ1v) is 15.3. The highest BCUT2D eigenvalue weighted by molar-refractivity contribution is 6.03. The number of rotatable bonds is 13. The molecule has 0 radical (unpaired) electrons. The van der Waals surface area contributed by atoms with Gasteiger partial charge in [0.1, 0.15) is 29.9 Å². The number of benzene rings is 2. The minimum absolute atomic E-state index is 0.0328. The second-order valence-corrected chi connectivity index (χ2v) is 12.9. The highest BCUT2D eigenvalue weighted by atomic mass is 16.4. The van der Waals surface area contributed by atoms with Crippen LogP contribution in [0.1, 0.15) is 62.5 Å². The predicted molar refractivity (Wildman–Crippen MR) is 176 cm³/mol. The van der Waals surface area contributed by atoms with Crippen molar-refractivity contribution in [3.05, 3.63) is 75.6 Å². The second kappa shape index (κ2) is 15.4. The molecular weight excluding hydrogens is 606 g/mol. The molecule has 1 aromatic heterocycles. The van der Waals surface area contributed by atoms with Gasteiger partial charge in [-0.1, -0.05) is 71.0 Å². The van der Waals surface area contributed by atoms with Crippen molar-refractivity contribution in [2.75, 3.05) is 6.54 Å². The van der Waals surface area contributed by atoms with Crippen molar-refractivity contribution >= 4 is 40.5 Å². The minimum Gasteiger partial charge on any atom is -0.506 e. The van der Waals surface area contributed by atoms with Crippen LogP contribution < -0.4 is 26.8 Å². The van der Waals surface area contributed by atoms with E-state index in [0.29, 0.717) is 17.5 Å². The molecule has 4 amide bonds. The summed E-state index contributed by atoms with van der Waals surface area (Å²) in [6.45, 7) is 8.34. The van der Waals surface area contributed by atoms with Crippen molar-refractivity contribution in [1.82, 2.24) is 25.8 Å². The summed E-state index contributed by atoms with van der Waals surface area (Å²) in [5.41, 5.74) is -0.524. The smallest absolute Gasteiger partial charge is 0.322 e. The van der Waals surface area contributed by atoms with Crippen LogP contribution in [-0.4, -0.2) is 63.0 Å². The van der Waals surface area contributed by atoms with Gasteiger partial charge < -0.3 is 36.0 Å². The van der Waals surface area contributed by atoms with Crippen LogP contribution in [0.2, 0.25) is 0 Å². The molecule has 0 saturated heterocycles. The average molecular weight is 650 g/mol. The molecule has 0 aliphatic rings. The summed E-state index contributed by atoms with van der Waals surface area (Å²) in [5.74, 6) is -4.17. The Labute approximate surface area is 272 Å². The number of carboxylic acids is 1. The predicted octanol–water partition coefficient (Wildman–Crippen LogP) is 1.98. The van der Waals surface area contributed by atoms with E-state index in [9.17, 15) is 33.9 Å². The first-order valence-electron chi connectivity index (χ1n) is 15.3. The Morgan fingerprint density at radius 2 is 1.53 bits per heavy atom. The lowest BCUT2D eigenvalue weighted by molar-refractivity contribution is -0.136. The molecule has 0 fully saturated rings. The molecule has 0 aliphatic heterocycles. The molecule has 47 heavy (non-hydrogen) atoms. The van der Waals surface area contributed by atoms with E-state index in [-0.39, 0.29) is 30.2 Å². The normalized spacial score (nSPS) is 12.7. The zero-order valence-electron chi connectivity index (χ0n) is 27.5. The number of carbonyl (C=O) groups excluding carboxylic acids is 4. The minimum atomic E-state index is -1.32. The summed E-state index contributed by atoms with van der Waals surface area (Å²) >= 11 is 0. The number of hydrogen-bond donors (Lipinski definition) is 6. The number of amides is 4. The highest BCUT2D eigenvalue weighted by Crippen LogP contribution is 2.27. The van der Waals surface area contributed by atoms with Crippen LogP contribution in [0.5, 0.6) is 5.75 Å². The molecule has 3 aromatic rings. The molecule has 0 spiro atoms. The van der Waals surface area contributed by atoms with Crippen LogP contribution in [0.3, 0.4) is 0 Å². The lowest BCUT2D eigenvalue weighted by Crippen LogP contribution is -2.55. The van der Waals surface area contributed by atoms with Crippen molar-refractivity contribution in [3.8, 4) is 5.75 Å². The lowest BCUT2D eigenvalue weighted by Gasteiger charge is -2.27. The van der Waals surface area contributed by atoms with E-state index < -0.39 is 64.6 Å². The van der Waals surface area contributed by atoms with Gasteiger partial charge in [0, 0.05) is 30.8 Å². The summed E-state index contributed by atoms with van der Waals surface area (Å²) in [6, 6.07) is 12.0. The van der Waals surface area contributed by atoms with E-state index in [0.717, 1.165) is 10.1 Å². The monoisotopic (exact) mass is 649 g/mol. The topological polar surface area (TPSA) is 196 Å². The van der Waals surface area contributed by atoms with Crippen molar-refractivity contribution in [2.24, 2.45) is 18.4 Å². The third kappa shape index (κ3) is 9.65. The second-order valence-electron chi connectivity index (χ2n) is 12.9. The number of nitrogens with zero attached hydrogens (tertiary/aromatic N) is 1. The highest BCUT2D eigenvalue weighted by Gasteiger charge is 2.31. The molecular formula is C34H43N5O8. The summed E-state index contributed by atoms with van der Waals surface area (Å²) in [6.07, 6.45) is 0.544. The Hall–Kier alpha value is -5.20. The molecule has 0 saturated carbocycles. The standard InChI is InChI=1S/C34H43N5O8/c1-19(2)14-23(38-33(47)34(3,4)5)30(44)37-24(16-20-10-8-7-9-11-20)29(43)35-17-21-12-13-25-22(15-21)28(42)27(32(46)39(25)6)31(45)36-18-26(40)41/h7-13,15,19,23-24,42H,14,16-18H2,1-6H3,(H,35,43)(H,36,45)(H,37,44)(H,38,47)(H,40,41)/t23-,24-/m0/s1.